The van der Waals surface area contributed by atoms with Crippen LogP contribution in [-0.2, 0) is 4.79 Å². The summed E-state index contributed by atoms with van der Waals surface area (Å²) in [6.07, 6.45) is 1.62. The zero-order valence-electron chi connectivity index (χ0n) is 12.2. The number of hydrogen-bond donors (Lipinski definition) is 1. The van der Waals surface area contributed by atoms with Gasteiger partial charge in [0.1, 0.15) is 11.5 Å². The van der Waals surface area contributed by atoms with Crippen LogP contribution in [0.2, 0.25) is 0 Å². The van der Waals surface area contributed by atoms with E-state index in [0.29, 0.717) is 11.4 Å². The number of anilines is 1. The van der Waals surface area contributed by atoms with Gasteiger partial charge in [-0.2, -0.15) is 0 Å². The highest BCUT2D eigenvalue weighted by Crippen LogP contribution is 2.32. The van der Waals surface area contributed by atoms with E-state index >= 15 is 0 Å². The third-order valence-corrected chi connectivity index (χ3v) is 2.94. The largest absolute Gasteiger partial charge is 0.495 e. The summed E-state index contributed by atoms with van der Waals surface area (Å²) in [5, 5.41) is 2.88. The van der Waals surface area contributed by atoms with Crippen molar-refractivity contribution in [1.82, 2.24) is 0 Å². The van der Waals surface area contributed by atoms with Crippen molar-refractivity contribution in [3.8, 4) is 17.1 Å². The van der Waals surface area contributed by atoms with Crippen LogP contribution in [0.15, 0.2) is 41.0 Å². The Kier molecular flexibility index (Phi) is 3.84. The number of nitrogens with one attached hydrogen (secondary N) is 1. The van der Waals surface area contributed by atoms with Crippen molar-refractivity contribution in [1.29, 1.82) is 0 Å². The minimum atomic E-state index is -0.454. The molecule has 1 N–H and O–H groups in total. The molecule has 4 heteroatoms. The standard InChI is InChI=1S/C16H19NO3/c1-16(2,3)15(18)17-12-8-7-11(10-14(12)19-4)13-6-5-9-20-13/h5-10H,1-4H3,(H,17,18). The van der Waals surface area contributed by atoms with Gasteiger partial charge in [0.2, 0.25) is 5.91 Å². The zero-order chi connectivity index (χ0) is 14.8. The Hall–Kier alpha value is -2.23. The monoisotopic (exact) mass is 273 g/mol. The summed E-state index contributed by atoms with van der Waals surface area (Å²) in [6, 6.07) is 9.26. The van der Waals surface area contributed by atoms with Crippen LogP contribution >= 0.6 is 0 Å². The fourth-order valence-electron chi connectivity index (χ4n) is 1.70. The van der Waals surface area contributed by atoms with Crippen molar-refractivity contribution < 1.29 is 13.9 Å². The molecule has 20 heavy (non-hydrogen) atoms. The molecule has 0 spiro atoms. The first kappa shape index (κ1) is 14.2. The highest BCUT2D eigenvalue weighted by atomic mass is 16.5. The van der Waals surface area contributed by atoms with Gasteiger partial charge in [0, 0.05) is 11.0 Å². The molecule has 0 unspecified atom stereocenters. The molecule has 2 rings (SSSR count). The number of furan rings is 1. The van der Waals surface area contributed by atoms with Gasteiger partial charge in [0.25, 0.3) is 0 Å². The third-order valence-electron chi connectivity index (χ3n) is 2.94. The molecule has 0 aliphatic rings. The molecule has 1 amide bonds. The molecular weight excluding hydrogens is 254 g/mol. The highest BCUT2D eigenvalue weighted by molar-refractivity contribution is 5.96. The van der Waals surface area contributed by atoms with Crippen LogP contribution in [0.5, 0.6) is 5.75 Å². The average Bonchev–Trinajstić information content (AvgIpc) is 2.92. The van der Waals surface area contributed by atoms with Crippen molar-refractivity contribution in [2.75, 3.05) is 12.4 Å². The summed E-state index contributed by atoms with van der Waals surface area (Å²) < 4.78 is 10.7. The van der Waals surface area contributed by atoms with Gasteiger partial charge in [-0.05, 0) is 30.3 Å². The number of ether oxygens (including phenoxy) is 1. The van der Waals surface area contributed by atoms with E-state index in [2.05, 4.69) is 5.32 Å². The second kappa shape index (κ2) is 5.41. The molecule has 2 aromatic rings. The lowest BCUT2D eigenvalue weighted by Crippen LogP contribution is -2.27. The van der Waals surface area contributed by atoms with E-state index in [-0.39, 0.29) is 5.91 Å². The fraction of sp³-hybridized carbons (Fsp3) is 0.312. The van der Waals surface area contributed by atoms with Crippen LogP contribution in [0.4, 0.5) is 5.69 Å². The molecule has 0 aliphatic carbocycles. The number of carbonyl (C=O) groups is 1. The minimum absolute atomic E-state index is 0.0541. The first-order chi connectivity index (χ1) is 9.41. The first-order valence-electron chi connectivity index (χ1n) is 6.45. The maximum Gasteiger partial charge on any atom is 0.229 e. The molecule has 1 aromatic carbocycles. The lowest BCUT2D eigenvalue weighted by Gasteiger charge is -2.19. The molecule has 0 saturated carbocycles. The highest BCUT2D eigenvalue weighted by Gasteiger charge is 2.22. The second-order valence-corrected chi connectivity index (χ2v) is 5.60. The van der Waals surface area contributed by atoms with Crippen molar-refractivity contribution in [2.24, 2.45) is 5.41 Å². The maximum absolute atomic E-state index is 12.0. The SMILES string of the molecule is COc1cc(-c2ccco2)ccc1NC(=O)C(C)(C)C. The van der Waals surface area contributed by atoms with Gasteiger partial charge >= 0.3 is 0 Å². The predicted octanol–water partition coefficient (Wildman–Crippen LogP) is 3.94. The van der Waals surface area contributed by atoms with E-state index in [4.69, 9.17) is 9.15 Å². The quantitative estimate of drug-likeness (QED) is 0.921. The normalized spacial score (nSPS) is 11.2. The summed E-state index contributed by atoms with van der Waals surface area (Å²) in [5.41, 5.74) is 1.10. The zero-order valence-corrected chi connectivity index (χ0v) is 12.2. The Morgan fingerprint density at radius 1 is 1.25 bits per heavy atom. The lowest BCUT2D eigenvalue weighted by atomic mass is 9.95. The number of methoxy groups -OCH3 is 1. The maximum atomic E-state index is 12.0. The Morgan fingerprint density at radius 2 is 2.00 bits per heavy atom. The average molecular weight is 273 g/mol. The topological polar surface area (TPSA) is 51.5 Å². The van der Waals surface area contributed by atoms with Gasteiger partial charge in [-0.1, -0.05) is 20.8 Å². The Morgan fingerprint density at radius 3 is 2.55 bits per heavy atom. The number of hydrogen-bond acceptors (Lipinski definition) is 3. The molecule has 1 heterocycles. The minimum Gasteiger partial charge on any atom is -0.495 e. The van der Waals surface area contributed by atoms with E-state index in [9.17, 15) is 4.79 Å². The number of amides is 1. The number of rotatable bonds is 3. The second-order valence-electron chi connectivity index (χ2n) is 5.60. The summed E-state index contributed by atoms with van der Waals surface area (Å²) in [5.74, 6) is 1.31. The molecule has 0 radical (unpaired) electrons. The predicted molar refractivity (Wildman–Crippen MR) is 78.8 cm³/mol. The van der Waals surface area contributed by atoms with Gasteiger partial charge in [-0.25, -0.2) is 0 Å². The van der Waals surface area contributed by atoms with Crippen LogP contribution in [-0.4, -0.2) is 13.0 Å². The Bertz CT molecular complexity index is 595. The molecular formula is C16H19NO3. The molecule has 0 bridgehead atoms. The van der Waals surface area contributed by atoms with Crippen molar-refractivity contribution >= 4 is 11.6 Å². The summed E-state index contributed by atoms with van der Waals surface area (Å²) in [4.78, 5) is 12.0. The van der Waals surface area contributed by atoms with Crippen LogP contribution in [0, 0.1) is 5.41 Å². The third kappa shape index (κ3) is 3.02. The van der Waals surface area contributed by atoms with Crippen LogP contribution in [0.1, 0.15) is 20.8 Å². The molecule has 1 aromatic heterocycles. The number of benzene rings is 1. The van der Waals surface area contributed by atoms with Crippen molar-refractivity contribution in [3.05, 3.63) is 36.6 Å². The van der Waals surface area contributed by atoms with E-state index in [1.807, 2.05) is 51.1 Å². The molecule has 0 atom stereocenters. The van der Waals surface area contributed by atoms with E-state index in [1.165, 1.54) is 0 Å². The van der Waals surface area contributed by atoms with Gasteiger partial charge < -0.3 is 14.5 Å². The summed E-state index contributed by atoms with van der Waals surface area (Å²) in [7, 11) is 1.58. The summed E-state index contributed by atoms with van der Waals surface area (Å²) >= 11 is 0. The molecule has 0 fully saturated rings. The molecule has 0 saturated heterocycles. The van der Waals surface area contributed by atoms with Crippen LogP contribution in [0.3, 0.4) is 0 Å². The van der Waals surface area contributed by atoms with E-state index in [0.717, 1.165) is 11.3 Å². The molecule has 0 aliphatic heterocycles. The molecule has 4 nitrogen and oxygen atoms in total. The smallest absolute Gasteiger partial charge is 0.229 e. The van der Waals surface area contributed by atoms with Gasteiger partial charge in [0.15, 0.2) is 0 Å². The van der Waals surface area contributed by atoms with E-state index in [1.54, 1.807) is 13.4 Å². The number of carbonyl (C=O) groups excluding carboxylic acids is 1. The van der Waals surface area contributed by atoms with E-state index < -0.39 is 5.41 Å². The van der Waals surface area contributed by atoms with Crippen molar-refractivity contribution in [2.45, 2.75) is 20.8 Å². The van der Waals surface area contributed by atoms with Gasteiger partial charge in [-0.15, -0.1) is 0 Å². The van der Waals surface area contributed by atoms with Crippen molar-refractivity contribution in [3.63, 3.8) is 0 Å². The van der Waals surface area contributed by atoms with Gasteiger partial charge in [-0.3, -0.25) is 4.79 Å². The van der Waals surface area contributed by atoms with Gasteiger partial charge in [0.05, 0.1) is 19.1 Å². The first-order valence-corrected chi connectivity index (χ1v) is 6.45. The molecule has 106 valence electrons. The van der Waals surface area contributed by atoms with Crippen LogP contribution < -0.4 is 10.1 Å². The summed E-state index contributed by atoms with van der Waals surface area (Å²) in [6.45, 7) is 5.60. The lowest BCUT2D eigenvalue weighted by molar-refractivity contribution is -0.123. The van der Waals surface area contributed by atoms with Crippen LogP contribution in [0.25, 0.3) is 11.3 Å². The Balaban J connectivity index is 2.29. The Labute approximate surface area is 118 Å². The fourth-order valence-corrected chi connectivity index (χ4v) is 1.70.